The van der Waals surface area contributed by atoms with Gasteiger partial charge in [0.1, 0.15) is 0 Å². The molecule has 1 aliphatic rings. The largest absolute Gasteiger partial charge is 0.294 e. The summed E-state index contributed by atoms with van der Waals surface area (Å²) in [5.41, 5.74) is 2.55. The number of fused-ring (bicyclic) bond motifs is 1. The number of pyridine rings is 1. The number of nitrogens with zero attached hydrogens (tertiary/aromatic N) is 2. The molecule has 1 aromatic heterocycles. The van der Waals surface area contributed by atoms with Crippen LogP contribution in [0.4, 0.5) is 0 Å². The van der Waals surface area contributed by atoms with Gasteiger partial charge in [-0.15, -0.1) is 0 Å². The average molecular weight is 254 g/mol. The Morgan fingerprint density at radius 3 is 2.95 bits per heavy atom. The van der Waals surface area contributed by atoms with E-state index >= 15 is 0 Å². The van der Waals surface area contributed by atoms with E-state index in [4.69, 9.17) is 0 Å². The summed E-state index contributed by atoms with van der Waals surface area (Å²) < 4.78 is 0. The summed E-state index contributed by atoms with van der Waals surface area (Å²) in [7, 11) is 0. The molecule has 1 aliphatic heterocycles. The number of likely N-dealkylation sites (tertiary alicyclic amines) is 1. The third-order valence-electron chi connectivity index (χ3n) is 4.22. The van der Waals surface area contributed by atoms with E-state index in [1.165, 1.54) is 36.8 Å². The fourth-order valence-corrected chi connectivity index (χ4v) is 3.23. The number of piperidine rings is 1. The zero-order chi connectivity index (χ0) is 13.2. The number of hydrogen-bond donors (Lipinski definition) is 0. The van der Waals surface area contributed by atoms with E-state index in [9.17, 15) is 0 Å². The summed E-state index contributed by atoms with van der Waals surface area (Å²) in [6.07, 6.45) is 5.83. The van der Waals surface area contributed by atoms with Gasteiger partial charge in [0.05, 0.1) is 5.52 Å². The zero-order valence-electron chi connectivity index (χ0n) is 11.8. The van der Waals surface area contributed by atoms with Crippen molar-refractivity contribution < 1.29 is 0 Å². The molecular formula is C17H22N2. The van der Waals surface area contributed by atoms with Gasteiger partial charge in [0.25, 0.3) is 0 Å². The van der Waals surface area contributed by atoms with Crippen LogP contribution in [0.1, 0.15) is 44.7 Å². The SMILES string of the molecule is CC(C)N1CCCC[C@H]1c1ccc2ncccc2c1. The predicted molar refractivity (Wildman–Crippen MR) is 80.2 cm³/mol. The maximum Gasteiger partial charge on any atom is 0.0702 e. The molecule has 0 aliphatic carbocycles. The molecule has 2 aromatic rings. The van der Waals surface area contributed by atoms with Gasteiger partial charge in [-0.25, -0.2) is 0 Å². The van der Waals surface area contributed by atoms with Gasteiger partial charge < -0.3 is 0 Å². The first kappa shape index (κ1) is 12.6. The third kappa shape index (κ3) is 2.50. The summed E-state index contributed by atoms with van der Waals surface area (Å²) in [5, 5.41) is 1.26. The van der Waals surface area contributed by atoms with Crippen LogP contribution in [0.2, 0.25) is 0 Å². The van der Waals surface area contributed by atoms with Crippen LogP contribution >= 0.6 is 0 Å². The molecule has 0 radical (unpaired) electrons. The third-order valence-corrected chi connectivity index (χ3v) is 4.22. The highest BCUT2D eigenvalue weighted by Gasteiger charge is 2.25. The second-order valence-electron chi connectivity index (χ2n) is 5.80. The van der Waals surface area contributed by atoms with Crippen molar-refractivity contribution in [1.29, 1.82) is 0 Å². The quantitative estimate of drug-likeness (QED) is 0.799. The topological polar surface area (TPSA) is 16.1 Å². The molecule has 0 saturated carbocycles. The van der Waals surface area contributed by atoms with Gasteiger partial charge >= 0.3 is 0 Å². The van der Waals surface area contributed by atoms with Crippen molar-refractivity contribution in [3.05, 3.63) is 42.1 Å². The van der Waals surface area contributed by atoms with Crippen molar-refractivity contribution in [1.82, 2.24) is 9.88 Å². The molecule has 0 amide bonds. The molecule has 0 unspecified atom stereocenters. The first-order chi connectivity index (χ1) is 9.25. The Balaban J connectivity index is 1.97. The molecule has 1 aromatic carbocycles. The smallest absolute Gasteiger partial charge is 0.0702 e. The number of benzene rings is 1. The Morgan fingerprint density at radius 2 is 2.11 bits per heavy atom. The first-order valence-electron chi connectivity index (χ1n) is 7.36. The Bertz CT molecular complexity index is 562. The van der Waals surface area contributed by atoms with Crippen LogP contribution in [-0.2, 0) is 0 Å². The van der Waals surface area contributed by atoms with Crippen molar-refractivity contribution in [3.63, 3.8) is 0 Å². The fraction of sp³-hybridized carbons (Fsp3) is 0.471. The standard InChI is InChI=1S/C17H22N2/c1-13(2)19-11-4-3-7-17(19)15-8-9-16-14(12-15)6-5-10-18-16/h5-6,8-10,12-13,17H,3-4,7,11H2,1-2H3/t17-/m0/s1. The average Bonchev–Trinajstić information content (AvgIpc) is 2.46. The number of rotatable bonds is 2. The summed E-state index contributed by atoms with van der Waals surface area (Å²) in [6, 6.07) is 12.1. The molecule has 1 saturated heterocycles. The second-order valence-corrected chi connectivity index (χ2v) is 5.80. The van der Waals surface area contributed by atoms with Gasteiger partial charge in [-0.3, -0.25) is 9.88 Å². The van der Waals surface area contributed by atoms with Crippen molar-refractivity contribution >= 4 is 10.9 Å². The molecule has 1 fully saturated rings. The van der Waals surface area contributed by atoms with Crippen LogP contribution in [0.15, 0.2) is 36.5 Å². The Kier molecular flexibility index (Phi) is 3.52. The molecule has 0 bridgehead atoms. The zero-order valence-corrected chi connectivity index (χ0v) is 11.8. The minimum absolute atomic E-state index is 0.582. The Morgan fingerprint density at radius 1 is 1.21 bits per heavy atom. The molecule has 0 spiro atoms. The lowest BCUT2D eigenvalue weighted by atomic mass is 9.93. The Labute approximate surface area is 115 Å². The predicted octanol–water partition coefficient (Wildman–Crippen LogP) is 4.17. The van der Waals surface area contributed by atoms with E-state index in [0.717, 1.165) is 5.52 Å². The van der Waals surface area contributed by atoms with Gasteiger partial charge in [-0.2, -0.15) is 0 Å². The monoisotopic (exact) mass is 254 g/mol. The minimum Gasteiger partial charge on any atom is -0.294 e. The lowest BCUT2D eigenvalue weighted by molar-refractivity contribution is 0.112. The van der Waals surface area contributed by atoms with Gasteiger partial charge in [0.15, 0.2) is 0 Å². The molecular weight excluding hydrogens is 232 g/mol. The highest BCUT2D eigenvalue weighted by Crippen LogP contribution is 2.33. The van der Waals surface area contributed by atoms with Gasteiger partial charge in [-0.05, 0) is 57.0 Å². The number of aromatic nitrogens is 1. The lowest BCUT2D eigenvalue weighted by Crippen LogP contribution is -2.38. The van der Waals surface area contributed by atoms with E-state index in [1.54, 1.807) is 0 Å². The lowest BCUT2D eigenvalue weighted by Gasteiger charge is -2.39. The van der Waals surface area contributed by atoms with Crippen LogP contribution in [-0.4, -0.2) is 22.5 Å². The van der Waals surface area contributed by atoms with E-state index in [1.807, 2.05) is 12.3 Å². The highest BCUT2D eigenvalue weighted by molar-refractivity contribution is 5.79. The van der Waals surface area contributed by atoms with Crippen molar-refractivity contribution in [2.24, 2.45) is 0 Å². The molecule has 1 atom stereocenters. The molecule has 2 nitrogen and oxygen atoms in total. The molecule has 3 rings (SSSR count). The van der Waals surface area contributed by atoms with Crippen molar-refractivity contribution in [2.75, 3.05) is 6.54 Å². The summed E-state index contributed by atoms with van der Waals surface area (Å²) >= 11 is 0. The normalized spacial score (nSPS) is 21.1. The van der Waals surface area contributed by atoms with Crippen molar-refractivity contribution in [2.45, 2.75) is 45.2 Å². The minimum atomic E-state index is 0.582. The summed E-state index contributed by atoms with van der Waals surface area (Å²) in [4.78, 5) is 7.05. The van der Waals surface area contributed by atoms with Crippen LogP contribution in [0.25, 0.3) is 10.9 Å². The fourth-order valence-electron chi connectivity index (χ4n) is 3.23. The summed E-state index contributed by atoms with van der Waals surface area (Å²) in [5.74, 6) is 0. The Hall–Kier alpha value is -1.41. The van der Waals surface area contributed by atoms with E-state index in [2.05, 4.69) is 48.0 Å². The van der Waals surface area contributed by atoms with Crippen LogP contribution in [0.5, 0.6) is 0 Å². The molecule has 100 valence electrons. The molecule has 19 heavy (non-hydrogen) atoms. The van der Waals surface area contributed by atoms with Crippen LogP contribution in [0, 0.1) is 0 Å². The second kappa shape index (κ2) is 5.30. The maximum atomic E-state index is 4.41. The van der Waals surface area contributed by atoms with Crippen molar-refractivity contribution in [3.8, 4) is 0 Å². The van der Waals surface area contributed by atoms with Gasteiger partial charge in [0.2, 0.25) is 0 Å². The van der Waals surface area contributed by atoms with E-state index in [-0.39, 0.29) is 0 Å². The summed E-state index contributed by atoms with van der Waals surface area (Å²) in [6.45, 7) is 5.84. The number of hydrogen-bond acceptors (Lipinski definition) is 2. The highest BCUT2D eigenvalue weighted by atomic mass is 15.2. The molecule has 2 heteroatoms. The molecule has 2 heterocycles. The van der Waals surface area contributed by atoms with E-state index in [0.29, 0.717) is 12.1 Å². The van der Waals surface area contributed by atoms with E-state index < -0.39 is 0 Å². The van der Waals surface area contributed by atoms with Crippen LogP contribution < -0.4 is 0 Å². The van der Waals surface area contributed by atoms with Crippen LogP contribution in [0.3, 0.4) is 0 Å². The first-order valence-corrected chi connectivity index (χ1v) is 7.36. The molecule has 0 N–H and O–H groups in total. The van der Waals surface area contributed by atoms with Gasteiger partial charge in [0, 0.05) is 23.7 Å². The maximum absolute atomic E-state index is 4.41. The van der Waals surface area contributed by atoms with Gasteiger partial charge in [-0.1, -0.05) is 18.6 Å².